The Hall–Kier alpha value is -2.45. The number of ether oxygens (including phenoxy) is 2. The first-order valence-corrected chi connectivity index (χ1v) is 9.23. The zero-order valence-corrected chi connectivity index (χ0v) is 16.3. The lowest BCUT2D eigenvalue weighted by Crippen LogP contribution is -2.36. The van der Waals surface area contributed by atoms with Crippen molar-refractivity contribution in [3.63, 3.8) is 0 Å². The minimum absolute atomic E-state index is 0.278. The summed E-state index contributed by atoms with van der Waals surface area (Å²) < 4.78 is 14.8. The van der Waals surface area contributed by atoms with Crippen LogP contribution in [0.1, 0.15) is 19.5 Å². The summed E-state index contributed by atoms with van der Waals surface area (Å²) in [6.45, 7) is 9.99. The zero-order valence-electron chi connectivity index (χ0n) is 16.3. The molecule has 0 aromatic carbocycles. The van der Waals surface area contributed by atoms with Crippen molar-refractivity contribution in [1.82, 2.24) is 24.4 Å². The number of imidazole rings is 1. The highest BCUT2D eigenvalue weighted by atomic mass is 16.5. The van der Waals surface area contributed by atoms with Gasteiger partial charge in [-0.3, -0.25) is 4.68 Å². The minimum Gasteiger partial charge on any atom is -0.378 e. The topological polar surface area (TPSA) is 69.7 Å². The maximum absolute atomic E-state index is 5.51. The van der Waals surface area contributed by atoms with Gasteiger partial charge in [-0.2, -0.15) is 10.2 Å². The molecular weight excluding hydrogens is 344 g/mol. The molecule has 0 atom stereocenters. The number of hydrogen-bond acceptors (Lipinski definition) is 6. The number of anilines is 1. The fraction of sp³-hybridized carbons (Fsp3) is 0.526. The number of hydrogen-bond donors (Lipinski definition) is 0. The molecule has 4 rings (SSSR count). The Morgan fingerprint density at radius 3 is 2.74 bits per heavy atom. The molecule has 3 aromatic heterocycles. The molecule has 0 N–H and O–H groups in total. The van der Waals surface area contributed by atoms with Gasteiger partial charge >= 0.3 is 0 Å². The first-order valence-electron chi connectivity index (χ1n) is 9.23. The van der Waals surface area contributed by atoms with Crippen LogP contribution >= 0.6 is 0 Å². The van der Waals surface area contributed by atoms with E-state index in [1.54, 1.807) is 7.11 Å². The molecule has 0 spiro atoms. The molecule has 4 heterocycles. The van der Waals surface area contributed by atoms with Crippen molar-refractivity contribution in [3.05, 3.63) is 30.4 Å². The van der Waals surface area contributed by atoms with Crippen molar-refractivity contribution < 1.29 is 9.47 Å². The SMILES string of the molecule is COC(C)(C)Cn1cc(-c2c(C)nc3c(N4CCOCC4)ccnn23)cn1. The lowest BCUT2D eigenvalue weighted by Gasteiger charge is -2.28. The predicted molar refractivity (Wildman–Crippen MR) is 103 cm³/mol. The van der Waals surface area contributed by atoms with E-state index in [4.69, 9.17) is 14.5 Å². The molecule has 8 heteroatoms. The number of methoxy groups -OCH3 is 1. The highest BCUT2D eigenvalue weighted by Gasteiger charge is 2.22. The smallest absolute Gasteiger partial charge is 0.178 e. The summed E-state index contributed by atoms with van der Waals surface area (Å²) in [5, 5.41) is 9.07. The Balaban J connectivity index is 1.73. The third-order valence-electron chi connectivity index (χ3n) is 5.03. The van der Waals surface area contributed by atoms with E-state index in [0.717, 1.165) is 54.6 Å². The average Bonchev–Trinajstić information content (AvgIpc) is 3.24. The number of aromatic nitrogens is 5. The van der Waals surface area contributed by atoms with Crippen molar-refractivity contribution in [2.24, 2.45) is 0 Å². The Kier molecular flexibility index (Phi) is 4.61. The normalized spacial score (nSPS) is 15.6. The highest BCUT2D eigenvalue weighted by Crippen LogP contribution is 2.29. The van der Waals surface area contributed by atoms with Gasteiger partial charge in [0.2, 0.25) is 0 Å². The Morgan fingerprint density at radius 1 is 1.22 bits per heavy atom. The fourth-order valence-electron chi connectivity index (χ4n) is 3.45. The largest absolute Gasteiger partial charge is 0.378 e. The van der Waals surface area contributed by atoms with E-state index >= 15 is 0 Å². The van der Waals surface area contributed by atoms with Crippen molar-refractivity contribution in [3.8, 4) is 11.3 Å². The van der Waals surface area contributed by atoms with Crippen LogP contribution in [-0.2, 0) is 16.0 Å². The summed E-state index contributed by atoms with van der Waals surface area (Å²) in [6.07, 6.45) is 5.73. The second kappa shape index (κ2) is 6.94. The van der Waals surface area contributed by atoms with Gasteiger partial charge < -0.3 is 14.4 Å². The van der Waals surface area contributed by atoms with Gasteiger partial charge in [-0.05, 0) is 26.8 Å². The minimum atomic E-state index is -0.278. The molecule has 0 bridgehead atoms. The third-order valence-corrected chi connectivity index (χ3v) is 5.03. The zero-order chi connectivity index (χ0) is 19.0. The molecule has 27 heavy (non-hydrogen) atoms. The maximum atomic E-state index is 5.51. The number of nitrogens with zero attached hydrogens (tertiary/aromatic N) is 6. The van der Waals surface area contributed by atoms with Gasteiger partial charge in [-0.1, -0.05) is 0 Å². The van der Waals surface area contributed by atoms with E-state index in [0.29, 0.717) is 6.54 Å². The summed E-state index contributed by atoms with van der Waals surface area (Å²) in [5.41, 5.74) is 4.60. The summed E-state index contributed by atoms with van der Waals surface area (Å²) >= 11 is 0. The van der Waals surface area contributed by atoms with Gasteiger partial charge in [-0.25, -0.2) is 9.50 Å². The third kappa shape index (κ3) is 3.42. The molecule has 0 radical (unpaired) electrons. The van der Waals surface area contributed by atoms with Crippen molar-refractivity contribution in [2.45, 2.75) is 32.9 Å². The first kappa shape index (κ1) is 17.9. The quantitative estimate of drug-likeness (QED) is 0.686. The molecule has 0 aliphatic carbocycles. The van der Waals surface area contributed by atoms with Crippen LogP contribution in [0.3, 0.4) is 0 Å². The number of fused-ring (bicyclic) bond motifs is 1. The van der Waals surface area contributed by atoms with E-state index in [1.165, 1.54) is 0 Å². The van der Waals surface area contributed by atoms with Gasteiger partial charge in [0, 0.05) is 32.0 Å². The van der Waals surface area contributed by atoms with Gasteiger partial charge in [0.1, 0.15) is 0 Å². The second-order valence-electron chi connectivity index (χ2n) is 7.49. The van der Waals surface area contributed by atoms with Gasteiger partial charge in [0.15, 0.2) is 5.65 Å². The maximum Gasteiger partial charge on any atom is 0.178 e. The van der Waals surface area contributed by atoms with Crippen LogP contribution in [0.15, 0.2) is 24.7 Å². The summed E-state index contributed by atoms with van der Waals surface area (Å²) in [5.74, 6) is 0. The Bertz CT molecular complexity index is 939. The molecule has 1 aliphatic rings. The number of aryl methyl sites for hydroxylation is 1. The molecule has 0 amide bonds. The molecular formula is C19H26N6O2. The molecule has 1 saturated heterocycles. The van der Waals surface area contributed by atoms with Crippen molar-refractivity contribution >= 4 is 11.3 Å². The number of rotatable bonds is 5. The fourth-order valence-corrected chi connectivity index (χ4v) is 3.45. The monoisotopic (exact) mass is 370 g/mol. The lowest BCUT2D eigenvalue weighted by atomic mass is 10.1. The predicted octanol–water partition coefficient (Wildman–Crippen LogP) is 2.16. The molecule has 0 saturated carbocycles. The van der Waals surface area contributed by atoms with E-state index in [2.05, 4.69) is 15.1 Å². The summed E-state index contributed by atoms with van der Waals surface area (Å²) in [6, 6.07) is 2.03. The van der Waals surface area contributed by atoms with Crippen molar-refractivity contribution in [2.75, 3.05) is 38.3 Å². The lowest BCUT2D eigenvalue weighted by molar-refractivity contribution is 0.00543. The summed E-state index contributed by atoms with van der Waals surface area (Å²) in [7, 11) is 1.72. The van der Waals surface area contributed by atoms with E-state index in [1.807, 2.05) is 54.6 Å². The number of morpholine rings is 1. The van der Waals surface area contributed by atoms with Gasteiger partial charge in [0.05, 0.1) is 54.8 Å². The van der Waals surface area contributed by atoms with Crippen LogP contribution in [-0.4, -0.2) is 63.4 Å². The molecule has 3 aromatic rings. The summed E-state index contributed by atoms with van der Waals surface area (Å²) in [4.78, 5) is 7.13. The van der Waals surface area contributed by atoms with E-state index in [9.17, 15) is 0 Å². The van der Waals surface area contributed by atoms with Crippen LogP contribution in [0.2, 0.25) is 0 Å². The van der Waals surface area contributed by atoms with Crippen LogP contribution in [0.5, 0.6) is 0 Å². The van der Waals surface area contributed by atoms with Gasteiger partial charge in [0.25, 0.3) is 0 Å². The van der Waals surface area contributed by atoms with Crippen LogP contribution in [0, 0.1) is 6.92 Å². The standard InChI is InChI=1S/C19H26N6O2/c1-14-17(15-11-21-24(12-15)13-19(2,3)26-4)25-18(22-14)16(5-6-20-25)23-7-9-27-10-8-23/h5-6,11-12H,7-10,13H2,1-4H3. The highest BCUT2D eigenvalue weighted by molar-refractivity contribution is 5.74. The van der Waals surface area contributed by atoms with Crippen LogP contribution in [0.4, 0.5) is 5.69 Å². The van der Waals surface area contributed by atoms with Crippen molar-refractivity contribution in [1.29, 1.82) is 0 Å². The molecule has 1 fully saturated rings. The molecule has 1 aliphatic heterocycles. The molecule has 8 nitrogen and oxygen atoms in total. The van der Waals surface area contributed by atoms with Crippen LogP contribution in [0.25, 0.3) is 16.9 Å². The van der Waals surface area contributed by atoms with Crippen LogP contribution < -0.4 is 4.90 Å². The van der Waals surface area contributed by atoms with Gasteiger partial charge in [-0.15, -0.1) is 0 Å². The average molecular weight is 370 g/mol. The first-order chi connectivity index (χ1) is 13.0. The Morgan fingerprint density at radius 2 is 2.00 bits per heavy atom. The molecule has 0 unspecified atom stereocenters. The second-order valence-corrected chi connectivity index (χ2v) is 7.49. The Labute approximate surface area is 158 Å². The molecule has 144 valence electrons. The van der Waals surface area contributed by atoms with E-state index < -0.39 is 0 Å². The van der Waals surface area contributed by atoms with E-state index in [-0.39, 0.29) is 5.60 Å².